The van der Waals surface area contributed by atoms with Gasteiger partial charge in [0.2, 0.25) is 0 Å². The predicted molar refractivity (Wildman–Crippen MR) is 69.7 cm³/mol. The second kappa shape index (κ2) is 4.73. The highest BCUT2D eigenvalue weighted by atomic mass is 32.1. The molecule has 2 aromatic rings. The number of rotatable bonds is 4. The summed E-state index contributed by atoms with van der Waals surface area (Å²) in [7, 11) is 0. The van der Waals surface area contributed by atoms with E-state index in [1.807, 2.05) is 17.5 Å². The molecule has 1 N–H and O–H groups in total. The molecule has 1 aliphatic rings. The number of thiophene rings is 1. The van der Waals surface area contributed by atoms with Crippen LogP contribution in [0, 0.1) is 5.41 Å². The minimum absolute atomic E-state index is 0.350. The lowest BCUT2D eigenvalue weighted by Crippen LogP contribution is -2.33. The average Bonchev–Trinajstić information content (AvgIpc) is 3.09. The lowest BCUT2D eigenvalue weighted by atomic mass is 9.86. The molecule has 1 aliphatic carbocycles. The zero-order chi connectivity index (χ0) is 13.3. The summed E-state index contributed by atoms with van der Waals surface area (Å²) < 4.78 is 1.63. The minimum atomic E-state index is -0.738. The molecule has 0 unspecified atom stereocenters. The van der Waals surface area contributed by atoms with Gasteiger partial charge in [0.1, 0.15) is 0 Å². The zero-order valence-electron chi connectivity index (χ0n) is 10.3. The molecule has 6 nitrogen and oxygen atoms in total. The van der Waals surface area contributed by atoms with E-state index in [4.69, 9.17) is 0 Å². The van der Waals surface area contributed by atoms with E-state index in [2.05, 4.69) is 15.5 Å². The highest BCUT2D eigenvalue weighted by Crippen LogP contribution is 2.40. The van der Waals surface area contributed by atoms with Crippen LogP contribution in [0.1, 0.15) is 25.7 Å². The van der Waals surface area contributed by atoms with Gasteiger partial charge < -0.3 is 5.11 Å². The number of hydrogen-bond acceptors (Lipinski definition) is 5. The van der Waals surface area contributed by atoms with Gasteiger partial charge in [-0.25, -0.2) is 4.68 Å². The maximum atomic E-state index is 11.6. The van der Waals surface area contributed by atoms with Gasteiger partial charge in [0.25, 0.3) is 0 Å². The summed E-state index contributed by atoms with van der Waals surface area (Å²) in [5.41, 5.74) is -0.707. The van der Waals surface area contributed by atoms with Gasteiger partial charge in [-0.2, -0.15) is 0 Å². The molecule has 2 aromatic heterocycles. The summed E-state index contributed by atoms with van der Waals surface area (Å²) in [4.78, 5) is 12.5. The molecule has 1 saturated carbocycles. The van der Waals surface area contributed by atoms with Gasteiger partial charge in [-0.15, -0.1) is 16.4 Å². The molecule has 0 spiro atoms. The van der Waals surface area contributed by atoms with Crippen molar-refractivity contribution in [3.05, 3.63) is 17.5 Å². The zero-order valence-corrected chi connectivity index (χ0v) is 11.1. The number of carboxylic acid groups (broad SMARTS) is 1. The van der Waals surface area contributed by atoms with Crippen molar-refractivity contribution in [3.8, 4) is 10.7 Å². The molecule has 0 amide bonds. The molecule has 2 heterocycles. The Balaban J connectivity index is 1.92. The molecule has 0 aliphatic heterocycles. The normalized spacial score (nSPS) is 17.7. The topological polar surface area (TPSA) is 80.9 Å². The second-order valence-electron chi connectivity index (χ2n) is 4.93. The van der Waals surface area contributed by atoms with E-state index in [9.17, 15) is 9.90 Å². The van der Waals surface area contributed by atoms with Crippen molar-refractivity contribution in [2.24, 2.45) is 5.41 Å². The van der Waals surface area contributed by atoms with E-state index < -0.39 is 11.4 Å². The van der Waals surface area contributed by atoms with Crippen molar-refractivity contribution in [1.82, 2.24) is 20.2 Å². The van der Waals surface area contributed by atoms with Crippen LogP contribution in [0.4, 0.5) is 0 Å². The monoisotopic (exact) mass is 278 g/mol. The molecule has 1 fully saturated rings. The maximum Gasteiger partial charge on any atom is 0.311 e. The minimum Gasteiger partial charge on any atom is -0.481 e. The molecule has 0 aromatic carbocycles. The Morgan fingerprint density at radius 2 is 2.26 bits per heavy atom. The molecule has 100 valence electrons. The molecule has 3 rings (SSSR count). The number of nitrogens with zero attached hydrogens (tertiary/aromatic N) is 4. The fourth-order valence-corrected chi connectivity index (χ4v) is 3.38. The summed E-state index contributed by atoms with van der Waals surface area (Å²) >= 11 is 1.55. The quantitative estimate of drug-likeness (QED) is 0.925. The first-order chi connectivity index (χ1) is 9.21. The Labute approximate surface area is 114 Å². The molecular weight excluding hydrogens is 264 g/mol. The van der Waals surface area contributed by atoms with Crippen LogP contribution in [-0.4, -0.2) is 31.3 Å². The first-order valence-electron chi connectivity index (χ1n) is 6.25. The standard InChI is InChI=1S/C12H14N4O2S/c17-11(18)12(5-1-2-6-12)8-16-10(13-14-15-16)9-4-3-7-19-9/h3-4,7H,1-2,5-6,8H2,(H,17,18). The first kappa shape index (κ1) is 12.3. The highest BCUT2D eigenvalue weighted by molar-refractivity contribution is 7.13. The van der Waals surface area contributed by atoms with Crippen LogP contribution >= 0.6 is 11.3 Å². The van der Waals surface area contributed by atoms with Gasteiger partial charge in [0, 0.05) is 0 Å². The molecule has 0 bridgehead atoms. The number of carboxylic acids is 1. The third-order valence-corrected chi connectivity index (χ3v) is 4.61. The second-order valence-corrected chi connectivity index (χ2v) is 5.88. The summed E-state index contributed by atoms with van der Waals surface area (Å²) in [6.07, 6.45) is 3.32. The van der Waals surface area contributed by atoms with Gasteiger partial charge in [0.15, 0.2) is 5.82 Å². The Bertz CT molecular complexity index is 572. The van der Waals surface area contributed by atoms with E-state index in [0.29, 0.717) is 25.2 Å². The van der Waals surface area contributed by atoms with Crippen molar-refractivity contribution in [2.75, 3.05) is 0 Å². The molecule has 7 heteroatoms. The van der Waals surface area contributed by atoms with Crippen molar-refractivity contribution in [3.63, 3.8) is 0 Å². The van der Waals surface area contributed by atoms with Crippen molar-refractivity contribution >= 4 is 17.3 Å². The largest absolute Gasteiger partial charge is 0.481 e. The van der Waals surface area contributed by atoms with E-state index in [-0.39, 0.29) is 0 Å². The summed E-state index contributed by atoms with van der Waals surface area (Å²) in [5.74, 6) is -0.0832. The fourth-order valence-electron chi connectivity index (χ4n) is 2.67. The van der Waals surface area contributed by atoms with E-state index in [1.165, 1.54) is 0 Å². The van der Waals surface area contributed by atoms with Crippen LogP contribution in [0.15, 0.2) is 17.5 Å². The van der Waals surface area contributed by atoms with Crippen molar-refractivity contribution in [2.45, 2.75) is 32.2 Å². The first-order valence-corrected chi connectivity index (χ1v) is 7.13. The summed E-state index contributed by atoms with van der Waals surface area (Å²) in [6, 6.07) is 3.87. The van der Waals surface area contributed by atoms with E-state index in [1.54, 1.807) is 16.0 Å². The molecule has 0 radical (unpaired) electrons. The van der Waals surface area contributed by atoms with Gasteiger partial charge in [0.05, 0.1) is 16.8 Å². The van der Waals surface area contributed by atoms with E-state index in [0.717, 1.165) is 17.7 Å². The van der Waals surface area contributed by atoms with Gasteiger partial charge >= 0.3 is 5.97 Å². The van der Waals surface area contributed by atoms with Crippen LogP contribution in [0.2, 0.25) is 0 Å². The average molecular weight is 278 g/mol. The molecule has 0 atom stereocenters. The van der Waals surface area contributed by atoms with Crippen molar-refractivity contribution < 1.29 is 9.90 Å². The Morgan fingerprint density at radius 3 is 2.89 bits per heavy atom. The van der Waals surface area contributed by atoms with Gasteiger partial charge in [-0.1, -0.05) is 18.9 Å². The Morgan fingerprint density at radius 1 is 1.47 bits per heavy atom. The number of carbonyl (C=O) groups is 1. The van der Waals surface area contributed by atoms with Crippen LogP contribution in [0.25, 0.3) is 10.7 Å². The lowest BCUT2D eigenvalue weighted by Gasteiger charge is -2.23. The van der Waals surface area contributed by atoms with Crippen LogP contribution in [0.3, 0.4) is 0 Å². The predicted octanol–water partition coefficient (Wildman–Crippen LogP) is 2.05. The third-order valence-electron chi connectivity index (χ3n) is 3.74. The number of aliphatic carboxylic acids is 1. The summed E-state index contributed by atoms with van der Waals surface area (Å²) in [6.45, 7) is 0.350. The van der Waals surface area contributed by atoms with Crippen LogP contribution in [0.5, 0.6) is 0 Å². The number of aromatic nitrogens is 4. The Kier molecular flexibility index (Phi) is 3.06. The Hall–Kier alpha value is -1.76. The highest BCUT2D eigenvalue weighted by Gasteiger charge is 2.42. The number of hydrogen-bond donors (Lipinski definition) is 1. The van der Waals surface area contributed by atoms with Crippen LogP contribution < -0.4 is 0 Å². The number of tetrazole rings is 1. The van der Waals surface area contributed by atoms with Gasteiger partial charge in [-0.3, -0.25) is 4.79 Å². The third kappa shape index (κ3) is 2.14. The maximum absolute atomic E-state index is 11.6. The smallest absolute Gasteiger partial charge is 0.311 e. The fraction of sp³-hybridized carbons (Fsp3) is 0.500. The SMILES string of the molecule is O=C(O)C1(Cn2nnnc2-c2cccs2)CCCC1. The van der Waals surface area contributed by atoms with Gasteiger partial charge in [-0.05, 0) is 34.7 Å². The summed E-state index contributed by atoms with van der Waals surface area (Å²) in [5, 5.41) is 23.1. The lowest BCUT2D eigenvalue weighted by molar-refractivity contribution is -0.149. The van der Waals surface area contributed by atoms with Crippen LogP contribution in [-0.2, 0) is 11.3 Å². The molecular formula is C12H14N4O2S. The van der Waals surface area contributed by atoms with Crippen molar-refractivity contribution in [1.29, 1.82) is 0 Å². The van der Waals surface area contributed by atoms with E-state index >= 15 is 0 Å². The molecule has 0 saturated heterocycles. The molecule has 19 heavy (non-hydrogen) atoms.